The molecule has 7 nitrogen and oxygen atoms in total. The van der Waals surface area contributed by atoms with Crippen molar-refractivity contribution in [1.29, 1.82) is 0 Å². The van der Waals surface area contributed by atoms with E-state index in [0.29, 0.717) is 5.76 Å². The summed E-state index contributed by atoms with van der Waals surface area (Å²) in [5.41, 5.74) is 2.43. The highest BCUT2D eigenvalue weighted by molar-refractivity contribution is 5.95. The zero-order valence-corrected chi connectivity index (χ0v) is 9.69. The molecule has 0 unspecified atom stereocenters. The minimum atomic E-state index is -0.508. The quantitative estimate of drug-likeness (QED) is 0.644. The van der Waals surface area contributed by atoms with Gasteiger partial charge < -0.3 is 14.9 Å². The van der Waals surface area contributed by atoms with Crippen LogP contribution in [0.3, 0.4) is 0 Å². The van der Waals surface area contributed by atoms with Crippen LogP contribution in [0, 0.1) is 5.21 Å². The van der Waals surface area contributed by atoms with Crippen LogP contribution in [0.4, 0.5) is 5.69 Å². The van der Waals surface area contributed by atoms with Crippen LogP contribution in [0.5, 0.6) is 0 Å². The summed E-state index contributed by atoms with van der Waals surface area (Å²) in [5.74, 6) is -0.0124. The van der Waals surface area contributed by atoms with E-state index in [1.165, 1.54) is 36.7 Å². The Hall–Kier alpha value is -2.64. The number of nitrogens with zero attached hydrogens (tertiary/aromatic N) is 2. The highest BCUT2D eigenvalue weighted by Crippen LogP contribution is 2.13. The number of hydrogen-bond acceptors (Lipinski definition) is 6. The summed E-state index contributed by atoms with van der Waals surface area (Å²) in [6.45, 7) is 0. The van der Waals surface area contributed by atoms with Crippen LogP contribution >= 0.6 is 0 Å². The molecule has 0 fully saturated rings. The Morgan fingerprint density at radius 2 is 2.26 bits per heavy atom. The van der Waals surface area contributed by atoms with Crippen LogP contribution in [-0.4, -0.2) is 17.3 Å². The van der Waals surface area contributed by atoms with Crippen molar-refractivity contribution in [1.82, 2.24) is 5.43 Å². The summed E-state index contributed by atoms with van der Waals surface area (Å²) in [5, 5.41) is 22.8. The smallest absolute Gasteiger partial charge is 0.271 e. The molecule has 98 valence electrons. The molecule has 0 aliphatic carbocycles. The lowest BCUT2D eigenvalue weighted by Gasteiger charge is -2.21. The number of nitrogens with one attached hydrogen (secondary N) is 1. The zero-order chi connectivity index (χ0) is 13.7. The van der Waals surface area contributed by atoms with E-state index in [1.807, 2.05) is 0 Å². The van der Waals surface area contributed by atoms with Crippen molar-refractivity contribution in [3.05, 3.63) is 59.2 Å². The first kappa shape index (κ1) is 12.8. The molecule has 0 saturated carbocycles. The number of furan rings is 1. The molecule has 0 atom stereocenters. The van der Waals surface area contributed by atoms with E-state index >= 15 is 0 Å². The fraction of sp³-hybridized carbons (Fsp3) is 0. The molecule has 2 N–H and O–H groups in total. The highest BCUT2D eigenvalue weighted by Gasteiger charge is 2.05. The number of benzene rings is 1. The SMILES string of the molecule is O=C(NN=Cc1ccco1)c1cccc(N([O-])O)c1. The molecule has 0 bridgehead atoms. The van der Waals surface area contributed by atoms with E-state index in [0.717, 1.165) is 0 Å². The topological polar surface area (TPSA) is 101 Å². The van der Waals surface area contributed by atoms with Gasteiger partial charge in [0.2, 0.25) is 0 Å². The van der Waals surface area contributed by atoms with Crippen LogP contribution < -0.4 is 10.7 Å². The Labute approximate surface area is 108 Å². The number of anilines is 1. The standard InChI is InChI=1S/C12H10N3O4/c16-12(14-13-8-11-5-2-6-19-11)9-3-1-4-10(7-9)15(17)18/h1-8,17H,(H,14,16)/q-1. The van der Waals surface area contributed by atoms with Crippen molar-refractivity contribution in [3.8, 4) is 0 Å². The molecule has 1 heterocycles. The Morgan fingerprint density at radius 3 is 2.95 bits per heavy atom. The number of carbonyl (C=O) groups excluding carboxylic acids is 1. The van der Waals surface area contributed by atoms with Gasteiger partial charge in [-0.2, -0.15) is 5.10 Å². The monoisotopic (exact) mass is 260 g/mol. The second-order valence-corrected chi connectivity index (χ2v) is 3.54. The average molecular weight is 260 g/mol. The minimum absolute atomic E-state index is 0.0392. The van der Waals surface area contributed by atoms with E-state index < -0.39 is 5.91 Å². The molecule has 0 aliphatic rings. The third-order valence-electron chi connectivity index (χ3n) is 2.23. The molecular weight excluding hydrogens is 250 g/mol. The van der Waals surface area contributed by atoms with Crippen molar-refractivity contribution in [3.63, 3.8) is 0 Å². The number of hydrazone groups is 1. The number of rotatable bonds is 4. The van der Waals surface area contributed by atoms with Crippen LogP contribution in [0.25, 0.3) is 0 Å². The van der Waals surface area contributed by atoms with Gasteiger partial charge in [-0.05, 0) is 30.3 Å². The fourth-order valence-electron chi connectivity index (χ4n) is 1.35. The predicted octanol–water partition coefficient (Wildman–Crippen LogP) is 1.74. The summed E-state index contributed by atoms with van der Waals surface area (Å²) >= 11 is 0. The molecule has 7 heteroatoms. The molecule has 0 radical (unpaired) electrons. The molecule has 1 amide bonds. The second-order valence-electron chi connectivity index (χ2n) is 3.54. The maximum absolute atomic E-state index is 11.7. The maximum atomic E-state index is 11.7. The molecule has 2 rings (SSSR count). The Balaban J connectivity index is 2.02. The van der Waals surface area contributed by atoms with Gasteiger partial charge >= 0.3 is 0 Å². The van der Waals surface area contributed by atoms with Gasteiger partial charge in [-0.1, -0.05) is 6.07 Å². The Kier molecular flexibility index (Phi) is 3.91. The first-order valence-electron chi connectivity index (χ1n) is 5.30. The summed E-state index contributed by atoms with van der Waals surface area (Å²) in [4.78, 5) is 11.7. The lowest BCUT2D eigenvalue weighted by Crippen LogP contribution is -2.18. The first-order valence-corrected chi connectivity index (χ1v) is 5.30. The van der Waals surface area contributed by atoms with E-state index in [2.05, 4.69) is 10.5 Å². The molecule has 19 heavy (non-hydrogen) atoms. The first-order chi connectivity index (χ1) is 9.16. The molecule has 2 aromatic rings. The molecular formula is C12H10N3O4-. The van der Waals surface area contributed by atoms with Gasteiger partial charge in [0, 0.05) is 5.56 Å². The number of hydrogen-bond donors (Lipinski definition) is 2. The second kappa shape index (κ2) is 5.80. The summed E-state index contributed by atoms with van der Waals surface area (Å²) < 4.78 is 4.99. The highest BCUT2D eigenvalue weighted by atomic mass is 16.8. The maximum Gasteiger partial charge on any atom is 0.271 e. The molecule has 0 saturated heterocycles. The minimum Gasteiger partial charge on any atom is -0.733 e. The lowest BCUT2D eigenvalue weighted by molar-refractivity contribution is 0.0955. The largest absolute Gasteiger partial charge is 0.733 e. The van der Waals surface area contributed by atoms with Gasteiger partial charge in [0.25, 0.3) is 5.91 Å². The van der Waals surface area contributed by atoms with Crippen molar-refractivity contribution in [2.45, 2.75) is 0 Å². The average Bonchev–Trinajstić information content (AvgIpc) is 2.92. The normalized spacial score (nSPS) is 10.6. The van der Waals surface area contributed by atoms with Crippen LogP contribution in [0.15, 0.2) is 52.2 Å². The summed E-state index contributed by atoms with van der Waals surface area (Å²) in [7, 11) is 0. The molecule has 0 aliphatic heterocycles. The third-order valence-corrected chi connectivity index (χ3v) is 2.23. The Morgan fingerprint density at radius 1 is 1.42 bits per heavy atom. The van der Waals surface area contributed by atoms with Gasteiger partial charge in [0.15, 0.2) is 0 Å². The Bertz CT molecular complexity index is 578. The third kappa shape index (κ3) is 3.41. The van der Waals surface area contributed by atoms with Crippen molar-refractivity contribution < 1.29 is 14.4 Å². The zero-order valence-electron chi connectivity index (χ0n) is 9.69. The summed E-state index contributed by atoms with van der Waals surface area (Å²) in [6, 6.07) is 8.95. The van der Waals surface area contributed by atoms with Gasteiger partial charge in [-0.25, -0.2) is 5.43 Å². The fourth-order valence-corrected chi connectivity index (χ4v) is 1.35. The molecule has 1 aromatic carbocycles. The van der Waals surface area contributed by atoms with Gasteiger partial charge in [-0.15, -0.1) is 0 Å². The van der Waals surface area contributed by atoms with Gasteiger partial charge in [0.1, 0.15) is 5.76 Å². The van der Waals surface area contributed by atoms with Gasteiger partial charge in [0.05, 0.1) is 18.2 Å². The van der Waals surface area contributed by atoms with E-state index in [-0.39, 0.29) is 16.5 Å². The van der Waals surface area contributed by atoms with Crippen LogP contribution in [-0.2, 0) is 0 Å². The summed E-state index contributed by atoms with van der Waals surface area (Å²) in [6.07, 6.45) is 2.82. The van der Waals surface area contributed by atoms with Crippen molar-refractivity contribution >= 4 is 17.8 Å². The predicted molar refractivity (Wildman–Crippen MR) is 67.8 cm³/mol. The van der Waals surface area contributed by atoms with Crippen molar-refractivity contribution in [2.24, 2.45) is 5.10 Å². The van der Waals surface area contributed by atoms with E-state index in [4.69, 9.17) is 9.62 Å². The molecule has 0 spiro atoms. The van der Waals surface area contributed by atoms with Crippen LogP contribution in [0.2, 0.25) is 0 Å². The van der Waals surface area contributed by atoms with Crippen molar-refractivity contribution in [2.75, 3.05) is 5.23 Å². The van der Waals surface area contributed by atoms with E-state index in [1.54, 1.807) is 12.1 Å². The number of amides is 1. The van der Waals surface area contributed by atoms with Gasteiger partial charge in [-0.3, -0.25) is 10.0 Å². The van der Waals surface area contributed by atoms with E-state index in [9.17, 15) is 10.0 Å². The number of carbonyl (C=O) groups is 1. The van der Waals surface area contributed by atoms with Crippen LogP contribution in [0.1, 0.15) is 16.1 Å². The molecule has 1 aromatic heterocycles. The lowest BCUT2D eigenvalue weighted by atomic mass is 10.2.